The van der Waals surface area contributed by atoms with Crippen LogP contribution in [0.1, 0.15) is 42.9 Å². The van der Waals surface area contributed by atoms with Crippen molar-refractivity contribution in [3.05, 3.63) is 34.9 Å². The Morgan fingerprint density at radius 3 is 2.47 bits per heavy atom. The van der Waals surface area contributed by atoms with Crippen LogP contribution in [-0.4, -0.2) is 35.2 Å². The lowest BCUT2D eigenvalue weighted by molar-refractivity contribution is 0.0255. The van der Waals surface area contributed by atoms with Crippen molar-refractivity contribution >= 4 is 0 Å². The third-order valence-electron chi connectivity index (χ3n) is 4.61. The number of hydrogen-bond acceptors (Lipinski definition) is 2. The molecule has 2 nitrogen and oxygen atoms in total. The first-order chi connectivity index (χ1) is 9.04. The van der Waals surface area contributed by atoms with Gasteiger partial charge in [0.2, 0.25) is 0 Å². The summed E-state index contributed by atoms with van der Waals surface area (Å²) in [4.78, 5) is 2.45. The van der Waals surface area contributed by atoms with Crippen molar-refractivity contribution in [2.75, 3.05) is 19.6 Å². The summed E-state index contributed by atoms with van der Waals surface area (Å²) in [5.41, 5.74) is 3.45. The number of benzene rings is 1. The van der Waals surface area contributed by atoms with Gasteiger partial charge in [-0.05, 0) is 62.9 Å². The van der Waals surface area contributed by atoms with Gasteiger partial charge in [0.1, 0.15) is 0 Å². The van der Waals surface area contributed by atoms with Crippen molar-refractivity contribution in [1.29, 1.82) is 0 Å². The molecule has 1 aliphatic rings. The van der Waals surface area contributed by atoms with Crippen LogP contribution in [0.25, 0.3) is 0 Å². The highest BCUT2D eigenvalue weighted by atomic mass is 16.3. The predicted molar refractivity (Wildman–Crippen MR) is 80.5 cm³/mol. The van der Waals surface area contributed by atoms with E-state index in [9.17, 15) is 5.11 Å². The number of nitrogens with zero attached hydrogens (tertiary/aromatic N) is 1. The van der Waals surface area contributed by atoms with Gasteiger partial charge in [-0.1, -0.05) is 25.1 Å². The van der Waals surface area contributed by atoms with E-state index in [0.29, 0.717) is 0 Å². The first kappa shape index (κ1) is 14.5. The molecule has 0 aliphatic carbocycles. The molecule has 1 fully saturated rings. The van der Waals surface area contributed by atoms with Crippen LogP contribution in [0.15, 0.2) is 18.2 Å². The van der Waals surface area contributed by atoms with Gasteiger partial charge < -0.3 is 10.0 Å². The van der Waals surface area contributed by atoms with Crippen LogP contribution in [0.3, 0.4) is 0 Å². The number of likely N-dealkylation sites (tertiary alicyclic amines) is 1. The summed E-state index contributed by atoms with van der Waals surface area (Å²) in [6.07, 6.45) is 3.74. The van der Waals surface area contributed by atoms with Gasteiger partial charge in [0, 0.05) is 13.0 Å². The maximum absolute atomic E-state index is 10.9. The summed E-state index contributed by atoms with van der Waals surface area (Å²) in [5.74, 6) is 0. The Balaban J connectivity index is 2.12. The van der Waals surface area contributed by atoms with Crippen LogP contribution in [0.5, 0.6) is 0 Å². The highest BCUT2D eigenvalue weighted by Crippen LogP contribution is 2.29. The Morgan fingerprint density at radius 1 is 1.16 bits per heavy atom. The highest BCUT2D eigenvalue weighted by Gasteiger charge is 2.30. The molecule has 1 atom stereocenters. The van der Waals surface area contributed by atoms with E-state index in [1.165, 1.54) is 16.7 Å². The standard InChI is InChI=1S/C17H27NO/c1-4-18-11-6-9-17(19,10-12-18)13-16-14(2)7-5-8-15(16)3/h5,7-8,19H,4,6,9-13H2,1-3H3. The van der Waals surface area contributed by atoms with E-state index in [-0.39, 0.29) is 0 Å². The van der Waals surface area contributed by atoms with Gasteiger partial charge in [0.15, 0.2) is 0 Å². The lowest BCUT2D eigenvalue weighted by Gasteiger charge is -2.28. The molecule has 1 aromatic carbocycles. The SMILES string of the molecule is CCN1CCCC(O)(Cc2c(C)cccc2C)CC1. The third-order valence-corrected chi connectivity index (χ3v) is 4.61. The van der Waals surface area contributed by atoms with E-state index in [4.69, 9.17) is 0 Å². The Morgan fingerprint density at radius 2 is 1.84 bits per heavy atom. The quantitative estimate of drug-likeness (QED) is 0.904. The van der Waals surface area contributed by atoms with Crippen LogP contribution >= 0.6 is 0 Å². The average molecular weight is 261 g/mol. The number of hydrogen-bond donors (Lipinski definition) is 1. The van der Waals surface area contributed by atoms with E-state index in [1.54, 1.807) is 0 Å². The molecule has 2 rings (SSSR count). The average Bonchev–Trinajstić information content (AvgIpc) is 2.56. The molecule has 0 amide bonds. The molecule has 1 unspecified atom stereocenters. The van der Waals surface area contributed by atoms with Gasteiger partial charge in [-0.3, -0.25) is 0 Å². The van der Waals surface area contributed by atoms with Gasteiger partial charge in [-0.2, -0.15) is 0 Å². The zero-order valence-electron chi connectivity index (χ0n) is 12.6. The maximum Gasteiger partial charge on any atom is 0.0700 e. The smallest absolute Gasteiger partial charge is 0.0700 e. The number of rotatable bonds is 3. The van der Waals surface area contributed by atoms with Crippen LogP contribution in [0.2, 0.25) is 0 Å². The summed E-state index contributed by atoms with van der Waals surface area (Å²) >= 11 is 0. The molecule has 2 heteroatoms. The van der Waals surface area contributed by atoms with Crippen molar-refractivity contribution in [1.82, 2.24) is 4.90 Å². The summed E-state index contributed by atoms with van der Waals surface area (Å²) in [7, 11) is 0. The topological polar surface area (TPSA) is 23.5 Å². The van der Waals surface area contributed by atoms with Crippen molar-refractivity contribution < 1.29 is 5.11 Å². The Bertz CT molecular complexity index is 409. The molecule has 1 saturated heterocycles. The second-order valence-electron chi connectivity index (χ2n) is 6.06. The van der Waals surface area contributed by atoms with Crippen molar-refractivity contribution in [2.45, 2.75) is 52.1 Å². The van der Waals surface area contributed by atoms with Crippen LogP contribution in [0.4, 0.5) is 0 Å². The molecular weight excluding hydrogens is 234 g/mol. The van der Waals surface area contributed by atoms with Crippen molar-refractivity contribution in [2.24, 2.45) is 0 Å². The monoisotopic (exact) mass is 261 g/mol. The molecular formula is C17H27NO. The van der Waals surface area contributed by atoms with Crippen molar-refractivity contribution in [3.63, 3.8) is 0 Å². The zero-order valence-corrected chi connectivity index (χ0v) is 12.6. The fraction of sp³-hybridized carbons (Fsp3) is 0.647. The fourth-order valence-corrected chi connectivity index (χ4v) is 3.18. The first-order valence-electron chi connectivity index (χ1n) is 7.54. The van der Waals surface area contributed by atoms with E-state index in [2.05, 4.69) is 43.9 Å². The molecule has 0 bridgehead atoms. The largest absolute Gasteiger partial charge is 0.389 e. The minimum absolute atomic E-state index is 0.513. The normalized spacial score (nSPS) is 25.3. The van der Waals surface area contributed by atoms with Gasteiger partial charge in [-0.15, -0.1) is 0 Å². The first-order valence-corrected chi connectivity index (χ1v) is 7.54. The summed E-state index contributed by atoms with van der Waals surface area (Å²) < 4.78 is 0. The van der Waals surface area contributed by atoms with E-state index in [1.807, 2.05) is 0 Å². The second-order valence-corrected chi connectivity index (χ2v) is 6.06. The van der Waals surface area contributed by atoms with Crippen LogP contribution in [0, 0.1) is 13.8 Å². The number of aliphatic hydroxyl groups is 1. The molecule has 0 radical (unpaired) electrons. The Hall–Kier alpha value is -0.860. The molecule has 106 valence electrons. The minimum atomic E-state index is -0.513. The van der Waals surface area contributed by atoms with Gasteiger partial charge in [-0.25, -0.2) is 0 Å². The predicted octanol–water partition coefficient (Wildman–Crippen LogP) is 3.08. The third kappa shape index (κ3) is 3.58. The molecule has 1 heterocycles. The van der Waals surface area contributed by atoms with E-state index in [0.717, 1.165) is 45.3 Å². The highest BCUT2D eigenvalue weighted by molar-refractivity contribution is 5.34. The summed E-state index contributed by atoms with van der Waals surface area (Å²) in [6.45, 7) is 9.76. The zero-order chi connectivity index (χ0) is 13.9. The Kier molecular flexibility index (Phi) is 4.64. The maximum atomic E-state index is 10.9. The Labute approximate surface area is 117 Å². The minimum Gasteiger partial charge on any atom is -0.389 e. The molecule has 0 spiro atoms. The molecule has 19 heavy (non-hydrogen) atoms. The number of aryl methyl sites for hydroxylation is 2. The summed E-state index contributed by atoms with van der Waals surface area (Å²) in [5, 5.41) is 10.9. The molecule has 1 N–H and O–H groups in total. The molecule has 1 aromatic rings. The second kappa shape index (κ2) is 6.06. The van der Waals surface area contributed by atoms with Gasteiger partial charge in [0.25, 0.3) is 0 Å². The van der Waals surface area contributed by atoms with E-state index < -0.39 is 5.60 Å². The van der Waals surface area contributed by atoms with Crippen molar-refractivity contribution in [3.8, 4) is 0 Å². The van der Waals surface area contributed by atoms with E-state index >= 15 is 0 Å². The molecule has 0 aromatic heterocycles. The molecule has 1 aliphatic heterocycles. The van der Waals surface area contributed by atoms with Crippen LogP contribution < -0.4 is 0 Å². The lowest BCUT2D eigenvalue weighted by Crippen LogP contribution is -2.34. The summed E-state index contributed by atoms with van der Waals surface area (Å²) in [6, 6.07) is 6.41. The van der Waals surface area contributed by atoms with Gasteiger partial charge in [0.05, 0.1) is 5.60 Å². The van der Waals surface area contributed by atoms with Crippen LogP contribution in [-0.2, 0) is 6.42 Å². The lowest BCUT2D eigenvalue weighted by atomic mass is 9.84. The molecule has 0 saturated carbocycles. The fourth-order valence-electron chi connectivity index (χ4n) is 3.18. The van der Waals surface area contributed by atoms with Gasteiger partial charge >= 0.3 is 0 Å².